The third-order valence-electron chi connectivity index (χ3n) is 5.01. The molecule has 2 amide bonds. The van der Waals surface area contributed by atoms with Gasteiger partial charge in [-0.25, -0.2) is 4.90 Å². The highest BCUT2D eigenvalue weighted by Crippen LogP contribution is 2.44. The number of morpholine rings is 1. The number of benzene rings is 3. The minimum Gasteiger partial charge on any atom is -0.340 e. The van der Waals surface area contributed by atoms with E-state index in [1.807, 2.05) is 78.9 Å². The fourth-order valence-electron chi connectivity index (χ4n) is 3.68. The van der Waals surface area contributed by atoms with Crippen LogP contribution in [0.1, 0.15) is 25.0 Å². The van der Waals surface area contributed by atoms with Crippen molar-refractivity contribution in [3.8, 4) is 0 Å². The zero-order valence-electron chi connectivity index (χ0n) is 15.8. The van der Waals surface area contributed by atoms with Gasteiger partial charge in [-0.05, 0) is 37.1 Å². The molecule has 4 nitrogen and oxygen atoms in total. The lowest BCUT2D eigenvalue weighted by atomic mass is 9.81. The van der Waals surface area contributed by atoms with Gasteiger partial charge in [0.25, 0.3) is 11.8 Å². The van der Waals surface area contributed by atoms with Crippen molar-refractivity contribution in [3.63, 3.8) is 0 Å². The molecule has 0 N–H and O–H groups in total. The molecule has 28 heavy (non-hydrogen) atoms. The number of para-hydroxylation sites is 1. The number of anilines is 1. The van der Waals surface area contributed by atoms with E-state index in [1.54, 1.807) is 26.0 Å². The predicted octanol–water partition coefficient (Wildman–Crippen LogP) is 4.30. The van der Waals surface area contributed by atoms with Gasteiger partial charge in [-0.15, -0.1) is 0 Å². The molecule has 0 bridgehead atoms. The second-order valence-electron chi connectivity index (χ2n) is 7.31. The van der Waals surface area contributed by atoms with Crippen LogP contribution < -0.4 is 4.90 Å². The molecule has 4 rings (SSSR count). The van der Waals surface area contributed by atoms with E-state index in [9.17, 15) is 9.59 Å². The van der Waals surface area contributed by atoms with Crippen molar-refractivity contribution in [1.29, 1.82) is 0 Å². The van der Waals surface area contributed by atoms with Gasteiger partial charge in [0.1, 0.15) is 5.60 Å². The maximum absolute atomic E-state index is 13.9. The molecule has 3 aromatic rings. The monoisotopic (exact) mass is 371 g/mol. The Morgan fingerprint density at radius 3 is 1.54 bits per heavy atom. The molecule has 0 spiro atoms. The van der Waals surface area contributed by atoms with Crippen LogP contribution in [0, 0.1) is 0 Å². The Labute approximate surface area is 164 Å². The van der Waals surface area contributed by atoms with Crippen molar-refractivity contribution in [3.05, 3.63) is 102 Å². The molecule has 0 radical (unpaired) electrons. The molecule has 140 valence electrons. The molecule has 0 atom stereocenters. The van der Waals surface area contributed by atoms with Gasteiger partial charge in [-0.3, -0.25) is 9.59 Å². The highest BCUT2D eigenvalue weighted by molar-refractivity contribution is 6.22. The zero-order valence-corrected chi connectivity index (χ0v) is 15.8. The highest BCUT2D eigenvalue weighted by Gasteiger charge is 2.58. The van der Waals surface area contributed by atoms with E-state index in [4.69, 9.17) is 4.74 Å². The Morgan fingerprint density at radius 2 is 1.07 bits per heavy atom. The Morgan fingerprint density at radius 1 is 0.643 bits per heavy atom. The van der Waals surface area contributed by atoms with Crippen LogP contribution in [0.15, 0.2) is 91.0 Å². The lowest BCUT2D eigenvalue weighted by Crippen LogP contribution is -2.65. The van der Waals surface area contributed by atoms with Gasteiger partial charge >= 0.3 is 0 Å². The zero-order chi connectivity index (χ0) is 19.8. The topological polar surface area (TPSA) is 46.6 Å². The van der Waals surface area contributed by atoms with Crippen LogP contribution in [0.25, 0.3) is 0 Å². The summed E-state index contributed by atoms with van der Waals surface area (Å²) in [5.74, 6) is -0.799. The van der Waals surface area contributed by atoms with Gasteiger partial charge in [0.05, 0.1) is 5.69 Å². The molecule has 3 aromatic carbocycles. The first kappa shape index (κ1) is 18.1. The summed E-state index contributed by atoms with van der Waals surface area (Å²) in [6, 6.07) is 27.7. The smallest absolute Gasteiger partial charge is 0.275 e. The van der Waals surface area contributed by atoms with E-state index in [-0.39, 0.29) is 5.91 Å². The van der Waals surface area contributed by atoms with Crippen LogP contribution in [0.3, 0.4) is 0 Å². The van der Waals surface area contributed by atoms with Crippen molar-refractivity contribution in [2.75, 3.05) is 4.90 Å². The normalized spacial score (nSPS) is 18.1. The first-order chi connectivity index (χ1) is 13.5. The summed E-state index contributed by atoms with van der Waals surface area (Å²) in [6.45, 7) is 3.41. The molecule has 1 saturated heterocycles. The van der Waals surface area contributed by atoms with Crippen LogP contribution in [0.2, 0.25) is 0 Å². The summed E-state index contributed by atoms with van der Waals surface area (Å²) < 4.78 is 6.37. The van der Waals surface area contributed by atoms with E-state index < -0.39 is 17.1 Å². The largest absolute Gasteiger partial charge is 0.340 e. The van der Waals surface area contributed by atoms with E-state index in [0.29, 0.717) is 16.8 Å². The highest BCUT2D eigenvalue weighted by atomic mass is 16.5. The number of rotatable bonds is 3. The molecule has 0 unspecified atom stereocenters. The molecular weight excluding hydrogens is 350 g/mol. The summed E-state index contributed by atoms with van der Waals surface area (Å²) in [7, 11) is 0. The fourth-order valence-corrected chi connectivity index (χ4v) is 3.68. The SMILES string of the molecule is CC1(C)OC(c2ccccc2)(c2ccccc2)C(=O)N(c2ccccc2)C1=O. The minimum atomic E-state index is -1.42. The van der Waals surface area contributed by atoms with Gasteiger partial charge in [0.15, 0.2) is 5.60 Å². The van der Waals surface area contributed by atoms with E-state index in [0.717, 1.165) is 0 Å². The minimum absolute atomic E-state index is 0.383. The number of carbonyl (C=O) groups is 2. The number of amides is 2. The lowest BCUT2D eigenvalue weighted by Gasteiger charge is -2.47. The first-order valence-electron chi connectivity index (χ1n) is 9.22. The number of carbonyl (C=O) groups excluding carboxylic acids is 2. The van der Waals surface area contributed by atoms with Crippen molar-refractivity contribution in [1.82, 2.24) is 0 Å². The quantitative estimate of drug-likeness (QED) is 0.645. The molecule has 0 aliphatic carbocycles. The van der Waals surface area contributed by atoms with E-state index in [2.05, 4.69) is 0 Å². The fraction of sp³-hybridized carbons (Fsp3) is 0.167. The van der Waals surface area contributed by atoms with Crippen LogP contribution in [0.4, 0.5) is 5.69 Å². The number of hydrogen-bond donors (Lipinski definition) is 0. The van der Waals surface area contributed by atoms with Gasteiger partial charge in [-0.2, -0.15) is 0 Å². The Hall–Kier alpha value is -3.24. The number of hydrogen-bond acceptors (Lipinski definition) is 3. The van der Waals surface area contributed by atoms with Gasteiger partial charge < -0.3 is 4.74 Å². The first-order valence-corrected chi connectivity index (χ1v) is 9.22. The summed E-state index contributed by atoms with van der Waals surface area (Å²) in [5, 5.41) is 0. The van der Waals surface area contributed by atoms with Crippen LogP contribution in [-0.2, 0) is 19.9 Å². The predicted molar refractivity (Wildman–Crippen MR) is 108 cm³/mol. The lowest BCUT2D eigenvalue weighted by molar-refractivity contribution is -0.182. The van der Waals surface area contributed by atoms with Gasteiger partial charge in [0, 0.05) is 0 Å². The molecule has 1 fully saturated rings. The second-order valence-corrected chi connectivity index (χ2v) is 7.31. The average Bonchev–Trinajstić information content (AvgIpc) is 2.73. The Kier molecular flexibility index (Phi) is 4.36. The molecule has 0 aromatic heterocycles. The van der Waals surface area contributed by atoms with E-state index in [1.165, 1.54) is 4.90 Å². The number of nitrogens with zero attached hydrogens (tertiary/aromatic N) is 1. The molecule has 0 saturated carbocycles. The summed E-state index contributed by atoms with van der Waals surface area (Å²) in [4.78, 5) is 28.4. The third kappa shape index (κ3) is 2.74. The van der Waals surface area contributed by atoms with Crippen molar-refractivity contribution < 1.29 is 14.3 Å². The Balaban J connectivity index is 2.00. The van der Waals surface area contributed by atoms with Gasteiger partial charge in [-0.1, -0.05) is 78.9 Å². The van der Waals surface area contributed by atoms with Crippen LogP contribution >= 0.6 is 0 Å². The van der Waals surface area contributed by atoms with Crippen molar-refractivity contribution in [2.45, 2.75) is 25.0 Å². The molecular formula is C24H21NO3. The molecule has 1 aliphatic rings. The molecule has 1 heterocycles. The maximum Gasteiger partial charge on any atom is 0.275 e. The summed E-state index contributed by atoms with van der Waals surface area (Å²) in [6.07, 6.45) is 0. The standard InChI is InChI=1S/C24H21NO3/c1-23(2)21(26)25(20-16-10-5-11-17-20)22(27)24(28-23,18-12-6-3-7-13-18)19-14-8-4-9-15-19/h3-17H,1-2H3. The van der Waals surface area contributed by atoms with Crippen LogP contribution in [0.5, 0.6) is 0 Å². The number of ether oxygens (including phenoxy) is 1. The third-order valence-corrected chi connectivity index (χ3v) is 5.01. The second kappa shape index (κ2) is 6.73. The van der Waals surface area contributed by atoms with Crippen molar-refractivity contribution in [2.24, 2.45) is 0 Å². The number of imide groups is 1. The van der Waals surface area contributed by atoms with Crippen molar-refractivity contribution >= 4 is 17.5 Å². The average molecular weight is 371 g/mol. The molecule has 4 heteroatoms. The summed E-state index contributed by atoms with van der Waals surface area (Å²) >= 11 is 0. The van der Waals surface area contributed by atoms with Crippen LogP contribution in [-0.4, -0.2) is 17.4 Å². The van der Waals surface area contributed by atoms with Gasteiger partial charge in [0.2, 0.25) is 0 Å². The Bertz CT molecular complexity index is 958. The van der Waals surface area contributed by atoms with E-state index >= 15 is 0 Å². The maximum atomic E-state index is 13.9. The summed E-state index contributed by atoms with van der Waals surface area (Å²) in [5.41, 5.74) is -0.712. The molecule has 1 aliphatic heterocycles.